The minimum absolute atomic E-state index is 0.0329. The molecule has 168 valence electrons. The molecular weight excluding hydrogens is 400 g/mol. The van der Waals surface area contributed by atoms with Gasteiger partial charge in [0.1, 0.15) is 6.23 Å². The average molecular weight is 433 g/mol. The highest BCUT2D eigenvalue weighted by atomic mass is 16.5. The summed E-state index contributed by atoms with van der Waals surface area (Å²) in [7, 11) is 0. The van der Waals surface area contributed by atoms with Gasteiger partial charge in [-0.1, -0.05) is 49.7 Å². The third-order valence-electron chi connectivity index (χ3n) is 5.24. The number of carbonyl (C=O) groups is 1. The second-order valence-electron chi connectivity index (χ2n) is 7.76. The van der Waals surface area contributed by atoms with E-state index >= 15 is 0 Å². The number of anilines is 1. The zero-order valence-corrected chi connectivity index (χ0v) is 18.6. The lowest BCUT2D eigenvalue weighted by atomic mass is 10.1. The number of amides is 1. The summed E-state index contributed by atoms with van der Waals surface area (Å²) in [6.45, 7) is 3.78. The molecule has 0 bridgehead atoms. The molecule has 1 heterocycles. The van der Waals surface area contributed by atoms with Crippen molar-refractivity contribution >= 4 is 11.6 Å². The van der Waals surface area contributed by atoms with Crippen molar-refractivity contribution in [1.29, 1.82) is 0 Å². The number of rotatable bonds is 12. The summed E-state index contributed by atoms with van der Waals surface area (Å²) in [4.78, 5) is 16.6. The Hall–Kier alpha value is -3.22. The number of ether oxygens (including phenoxy) is 1. The van der Waals surface area contributed by atoms with Crippen LogP contribution in [0.5, 0.6) is 0 Å². The normalized spacial score (nSPS) is 11.8. The van der Waals surface area contributed by atoms with Gasteiger partial charge < -0.3 is 15.8 Å². The molecule has 0 saturated heterocycles. The lowest BCUT2D eigenvalue weighted by Crippen LogP contribution is -2.31. The van der Waals surface area contributed by atoms with Crippen molar-refractivity contribution < 1.29 is 9.53 Å². The second-order valence-corrected chi connectivity index (χ2v) is 7.76. The number of hydrogen-bond acceptors (Lipinski definition) is 5. The predicted octanol–water partition coefficient (Wildman–Crippen LogP) is 4.42. The molecule has 3 rings (SSSR count). The van der Waals surface area contributed by atoms with Crippen LogP contribution in [0.4, 0.5) is 5.69 Å². The Morgan fingerprint density at radius 3 is 2.56 bits per heavy atom. The van der Waals surface area contributed by atoms with Crippen LogP contribution in [0.15, 0.2) is 73.1 Å². The van der Waals surface area contributed by atoms with Crippen molar-refractivity contribution in [3.8, 4) is 0 Å². The molecule has 6 nitrogen and oxygen atoms in total. The maximum atomic E-state index is 12.5. The SMILES string of the molecule is CCCCC(NCc1ccc(C(=O)NCc2ccccc2N)cc1)OCc1cccnc1. The first kappa shape index (κ1) is 23.4. The quantitative estimate of drug-likeness (QED) is 0.291. The molecule has 1 amide bonds. The van der Waals surface area contributed by atoms with Crippen LogP contribution in [0.1, 0.15) is 53.2 Å². The summed E-state index contributed by atoms with van der Waals surface area (Å²) >= 11 is 0. The standard InChI is InChI=1S/C26H32N4O2/c1-2-3-10-25(32-19-21-7-6-15-28-16-21)29-17-20-11-13-22(14-12-20)26(31)30-18-23-8-4-5-9-24(23)27/h4-9,11-16,25,29H,2-3,10,17-19,27H2,1H3,(H,30,31). The molecule has 0 fully saturated rings. The molecule has 0 aliphatic rings. The number of benzene rings is 2. The van der Waals surface area contributed by atoms with E-state index in [9.17, 15) is 4.79 Å². The van der Waals surface area contributed by atoms with Gasteiger partial charge in [-0.2, -0.15) is 0 Å². The van der Waals surface area contributed by atoms with E-state index in [-0.39, 0.29) is 12.1 Å². The van der Waals surface area contributed by atoms with E-state index in [1.165, 1.54) is 0 Å². The Morgan fingerprint density at radius 1 is 1.03 bits per heavy atom. The number of nitrogens with one attached hydrogen (secondary N) is 2. The fourth-order valence-electron chi connectivity index (χ4n) is 3.29. The third kappa shape index (κ3) is 7.48. The fraction of sp³-hybridized carbons (Fsp3) is 0.308. The van der Waals surface area contributed by atoms with E-state index in [0.29, 0.717) is 30.9 Å². The minimum Gasteiger partial charge on any atom is -0.398 e. The Morgan fingerprint density at radius 2 is 1.84 bits per heavy atom. The number of para-hydroxylation sites is 1. The van der Waals surface area contributed by atoms with Gasteiger partial charge in [0.25, 0.3) is 5.91 Å². The van der Waals surface area contributed by atoms with Crippen LogP contribution in [0.3, 0.4) is 0 Å². The van der Waals surface area contributed by atoms with Gasteiger partial charge in [-0.05, 0) is 53.8 Å². The van der Waals surface area contributed by atoms with Crippen LogP contribution >= 0.6 is 0 Å². The zero-order chi connectivity index (χ0) is 22.6. The molecule has 4 N–H and O–H groups in total. The fourth-order valence-corrected chi connectivity index (χ4v) is 3.29. The molecule has 6 heteroatoms. The van der Waals surface area contributed by atoms with Crippen LogP contribution in [0.2, 0.25) is 0 Å². The highest BCUT2D eigenvalue weighted by molar-refractivity contribution is 5.94. The van der Waals surface area contributed by atoms with Crippen LogP contribution in [-0.4, -0.2) is 17.1 Å². The average Bonchev–Trinajstić information content (AvgIpc) is 2.84. The molecule has 1 atom stereocenters. The number of hydrogen-bond donors (Lipinski definition) is 3. The molecule has 0 saturated carbocycles. The summed E-state index contributed by atoms with van der Waals surface area (Å²) in [6.07, 6.45) is 6.71. The largest absolute Gasteiger partial charge is 0.398 e. The smallest absolute Gasteiger partial charge is 0.251 e. The summed E-state index contributed by atoms with van der Waals surface area (Å²) in [5.74, 6) is -0.117. The minimum atomic E-state index is -0.117. The Bertz CT molecular complexity index is 961. The molecule has 0 aliphatic carbocycles. The Kier molecular flexibility index (Phi) is 9.22. The first-order valence-corrected chi connectivity index (χ1v) is 11.1. The number of nitrogens with zero attached hydrogens (tertiary/aromatic N) is 1. The van der Waals surface area contributed by atoms with Crippen molar-refractivity contribution in [3.63, 3.8) is 0 Å². The highest BCUT2D eigenvalue weighted by Crippen LogP contribution is 2.12. The van der Waals surface area contributed by atoms with Crippen molar-refractivity contribution in [2.24, 2.45) is 0 Å². The van der Waals surface area contributed by atoms with Gasteiger partial charge in [-0.15, -0.1) is 0 Å². The molecule has 0 aliphatic heterocycles. The van der Waals surface area contributed by atoms with Gasteiger partial charge in [-0.3, -0.25) is 15.1 Å². The van der Waals surface area contributed by atoms with Gasteiger partial charge in [0.2, 0.25) is 0 Å². The number of unbranched alkanes of at least 4 members (excludes halogenated alkanes) is 1. The zero-order valence-electron chi connectivity index (χ0n) is 18.6. The van der Waals surface area contributed by atoms with Crippen molar-refractivity contribution in [3.05, 3.63) is 95.3 Å². The first-order valence-electron chi connectivity index (χ1n) is 11.1. The molecular formula is C26H32N4O2. The lowest BCUT2D eigenvalue weighted by Gasteiger charge is -2.19. The molecule has 2 aromatic carbocycles. The summed E-state index contributed by atoms with van der Waals surface area (Å²) in [5, 5.41) is 6.41. The highest BCUT2D eigenvalue weighted by Gasteiger charge is 2.10. The Labute approximate surface area is 190 Å². The molecule has 32 heavy (non-hydrogen) atoms. The number of nitrogens with two attached hydrogens (primary N) is 1. The maximum absolute atomic E-state index is 12.5. The van der Waals surface area contributed by atoms with E-state index in [2.05, 4.69) is 22.5 Å². The van der Waals surface area contributed by atoms with Gasteiger partial charge in [0.15, 0.2) is 0 Å². The molecule has 3 aromatic rings. The molecule has 0 spiro atoms. The maximum Gasteiger partial charge on any atom is 0.251 e. The third-order valence-corrected chi connectivity index (χ3v) is 5.24. The number of nitrogen functional groups attached to an aromatic ring is 1. The molecule has 1 aromatic heterocycles. The van der Waals surface area contributed by atoms with Crippen molar-refractivity contribution in [2.45, 2.75) is 52.1 Å². The van der Waals surface area contributed by atoms with Gasteiger partial charge in [0.05, 0.1) is 6.61 Å². The first-order chi connectivity index (χ1) is 15.7. The van der Waals surface area contributed by atoms with E-state index in [0.717, 1.165) is 36.0 Å². The summed E-state index contributed by atoms with van der Waals surface area (Å²) in [6, 6.07) is 19.1. The van der Waals surface area contributed by atoms with Crippen molar-refractivity contribution in [2.75, 3.05) is 5.73 Å². The van der Waals surface area contributed by atoms with Gasteiger partial charge in [0, 0.05) is 36.7 Å². The topological polar surface area (TPSA) is 89.3 Å². The van der Waals surface area contributed by atoms with E-state index in [4.69, 9.17) is 10.5 Å². The van der Waals surface area contributed by atoms with E-state index in [1.54, 1.807) is 6.20 Å². The van der Waals surface area contributed by atoms with Crippen LogP contribution in [-0.2, 0) is 24.4 Å². The van der Waals surface area contributed by atoms with Crippen LogP contribution < -0.4 is 16.4 Å². The number of carbonyl (C=O) groups excluding carboxylic acids is 1. The summed E-state index contributed by atoms with van der Waals surface area (Å²) < 4.78 is 6.07. The lowest BCUT2D eigenvalue weighted by molar-refractivity contribution is 0.00940. The van der Waals surface area contributed by atoms with Gasteiger partial charge >= 0.3 is 0 Å². The Balaban J connectivity index is 1.49. The second kappa shape index (κ2) is 12.6. The number of aromatic nitrogens is 1. The van der Waals surface area contributed by atoms with Gasteiger partial charge in [-0.25, -0.2) is 0 Å². The van der Waals surface area contributed by atoms with E-state index < -0.39 is 0 Å². The molecule has 1 unspecified atom stereocenters. The predicted molar refractivity (Wildman–Crippen MR) is 128 cm³/mol. The van der Waals surface area contributed by atoms with Crippen LogP contribution in [0, 0.1) is 0 Å². The monoisotopic (exact) mass is 432 g/mol. The van der Waals surface area contributed by atoms with Crippen molar-refractivity contribution in [1.82, 2.24) is 15.6 Å². The number of pyridine rings is 1. The summed E-state index contributed by atoms with van der Waals surface area (Å²) in [5.41, 5.74) is 10.3. The van der Waals surface area contributed by atoms with Crippen LogP contribution in [0.25, 0.3) is 0 Å². The molecule has 0 radical (unpaired) electrons. The van der Waals surface area contributed by atoms with E-state index in [1.807, 2.05) is 66.9 Å².